The van der Waals surface area contributed by atoms with Crippen LogP contribution in [0.15, 0.2) is 54.7 Å². The number of nitrogens with zero attached hydrogens (tertiary/aromatic N) is 4. The Morgan fingerprint density at radius 3 is 2.81 bits per heavy atom. The van der Waals surface area contributed by atoms with Gasteiger partial charge in [0.05, 0.1) is 34.2 Å². The molecule has 1 atom stereocenters. The summed E-state index contributed by atoms with van der Waals surface area (Å²) in [4.78, 5) is 35.3. The minimum atomic E-state index is -0.963. The number of hydrogen-bond acceptors (Lipinski definition) is 6. The average Bonchev–Trinajstić information content (AvgIpc) is 2.91. The van der Waals surface area contributed by atoms with Gasteiger partial charge < -0.3 is 15.0 Å². The number of likely N-dealkylation sites (N-methyl/N-ethyl adjacent to an activating group) is 1. The first-order valence-corrected chi connectivity index (χ1v) is 9.69. The molecule has 0 spiro atoms. The summed E-state index contributed by atoms with van der Waals surface area (Å²) in [5, 5.41) is 12.0. The Morgan fingerprint density at radius 1 is 1.29 bits per heavy atom. The molecule has 8 nitrogen and oxygen atoms in total. The van der Waals surface area contributed by atoms with Crippen LogP contribution in [0, 0.1) is 11.3 Å². The Labute approximate surface area is 183 Å². The fourth-order valence-corrected chi connectivity index (χ4v) is 3.37. The van der Waals surface area contributed by atoms with Crippen molar-refractivity contribution in [2.45, 2.75) is 6.04 Å². The number of nitriles is 1. The van der Waals surface area contributed by atoms with Gasteiger partial charge in [-0.25, -0.2) is 9.97 Å². The third kappa shape index (κ3) is 4.04. The van der Waals surface area contributed by atoms with Gasteiger partial charge in [-0.1, -0.05) is 41.9 Å². The molecule has 0 radical (unpaired) electrons. The zero-order valence-corrected chi connectivity index (χ0v) is 17.1. The van der Waals surface area contributed by atoms with E-state index >= 15 is 0 Å². The topological polar surface area (TPSA) is 108 Å². The normalized spacial score (nSPS) is 15.3. The van der Waals surface area contributed by atoms with E-state index in [1.807, 2.05) is 36.4 Å². The van der Waals surface area contributed by atoms with Gasteiger partial charge in [0.15, 0.2) is 0 Å². The van der Waals surface area contributed by atoms with E-state index in [4.69, 9.17) is 21.6 Å². The molecule has 9 heteroatoms. The monoisotopic (exact) mass is 433 g/mol. The number of ether oxygens (including phenoxy) is 1. The predicted octanol–water partition coefficient (Wildman–Crippen LogP) is 2.82. The number of anilines is 1. The van der Waals surface area contributed by atoms with E-state index in [0.29, 0.717) is 27.7 Å². The van der Waals surface area contributed by atoms with E-state index in [2.05, 4.69) is 15.3 Å². The van der Waals surface area contributed by atoms with Gasteiger partial charge in [0.25, 0.3) is 11.8 Å². The molecule has 154 valence electrons. The third-order valence-corrected chi connectivity index (χ3v) is 5.06. The highest BCUT2D eigenvalue weighted by atomic mass is 35.5. The minimum absolute atomic E-state index is 0.101. The molecule has 1 aliphatic rings. The van der Waals surface area contributed by atoms with Crippen LogP contribution >= 0.6 is 11.6 Å². The molecule has 0 unspecified atom stereocenters. The van der Waals surface area contributed by atoms with E-state index in [-0.39, 0.29) is 18.3 Å². The van der Waals surface area contributed by atoms with Crippen molar-refractivity contribution in [2.75, 3.05) is 18.6 Å². The van der Waals surface area contributed by atoms with Crippen molar-refractivity contribution in [3.63, 3.8) is 0 Å². The Kier molecular flexibility index (Phi) is 5.52. The molecule has 1 aliphatic heterocycles. The summed E-state index contributed by atoms with van der Waals surface area (Å²) < 4.78 is 5.70. The third-order valence-electron chi connectivity index (χ3n) is 4.78. The lowest BCUT2D eigenvalue weighted by Crippen LogP contribution is -2.49. The lowest BCUT2D eigenvalue weighted by atomic mass is 10.1. The standard InChI is InChI=1S/C22H16ClN5O3/c1-28-17-8-7-13(10-24)9-18(17)31-12-16(22(28)30)26-21(29)20-25-11-15(23)19(27-20)14-5-3-2-4-6-14/h2-9,11,16H,12H2,1H3,(H,26,29)/t16-/m0/s1. The van der Waals surface area contributed by atoms with E-state index in [9.17, 15) is 9.59 Å². The Balaban J connectivity index is 1.57. The number of benzene rings is 2. The second-order valence-electron chi connectivity index (χ2n) is 6.78. The smallest absolute Gasteiger partial charge is 0.289 e. The summed E-state index contributed by atoms with van der Waals surface area (Å²) >= 11 is 6.21. The molecule has 0 aliphatic carbocycles. The number of rotatable bonds is 3. The number of fused-ring (bicyclic) bond motifs is 1. The number of carbonyl (C=O) groups excluding carboxylic acids is 2. The number of halogens is 1. The maximum Gasteiger partial charge on any atom is 0.289 e. The fraction of sp³-hybridized carbons (Fsp3) is 0.136. The molecule has 0 fully saturated rings. The second-order valence-corrected chi connectivity index (χ2v) is 7.19. The Morgan fingerprint density at radius 2 is 2.06 bits per heavy atom. The summed E-state index contributed by atoms with van der Waals surface area (Å²) in [6, 6.07) is 15.0. The first-order valence-electron chi connectivity index (χ1n) is 9.31. The molecule has 0 saturated carbocycles. The quantitative estimate of drug-likeness (QED) is 0.680. The van der Waals surface area contributed by atoms with Crippen LogP contribution in [-0.2, 0) is 4.79 Å². The van der Waals surface area contributed by atoms with Gasteiger partial charge in [-0.3, -0.25) is 9.59 Å². The number of amides is 2. The summed E-state index contributed by atoms with van der Waals surface area (Å²) in [5.41, 5.74) is 2.07. The summed E-state index contributed by atoms with van der Waals surface area (Å²) in [6.45, 7) is -0.101. The Bertz CT molecular complexity index is 1210. The van der Waals surface area contributed by atoms with E-state index in [1.165, 1.54) is 11.1 Å². The predicted molar refractivity (Wildman–Crippen MR) is 114 cm³/mol. The van der Waals surface area contributed by atoms with Crippen molar-refractivity contribution >= 4 is 29.1 Å². The maximum atomic E-state index is 12.9. The van der Waals surface area contributed by atoms with Crippen LogP contribution in [0.4, 0.5) is 5.69 Å². The molecule has 0 saturated heterocycles. The lowest BCUT2D eigenvalue weighted by Gasteiger charge is -2.20. The molecule has 4 rings (SSSR count). The summed E-state index contributed by atoms with van der Waals surface area (Å²) in [6.07, 6.45) is 1.35. The lowest BCUT2D eigenvalue weighted by molar-refractivity contribution is -0.120. The van der Waals surface area contributed by atoms with Crippen molar-refractivity contribution in [1.82, 2.24) is 15.3 Å². The van der Waals surface area contributed by atoms with Crippen molar-refractivity contribution in [3.8, 4) is 23.1 Å². The van der Waals surface area contributed by atoms with Crippen molar-refractivity contribution in [1.29, 1.82) is 5.26 Å². The summed E-state index contributed by atoms with van der Waals surface area (Å²) in [7, 11) is 1.58. The van der Waals surface area contributed by atoms with Crippen LogP contribution in [0.5, 0.6) is 5.75 Å². The van der Waals surface area contributed by atoms with Crippen LogP contribution < -0.4 is 15.0 Å². The Hall–Kier alpha value is -3.96. The van der Waals surface area contributed by atoms with Crippen LogP contribution in [0.1, 0.15) is 16.2 Å². The first kappa shape index (κ1) is 20.3. The molecule has 3 aromatic rings. The van der Waals surface area contributed by atoms with Gasteiger partial charge in [0.1, 0.15) is 18.4 Å². The zero-order valence-electron chi connectivity index (χ0n) is 16.4. The highest BCUT2D eigenvalue weighted by Gasteiger charge is 2.31. The molecule has 2 heterocycles. The van der Waals surface area contributed by atoms with Crippen molar-refractivity contribution in [3.05, 3.63) is 71.1 Å². The first-order chi connectivity index (χ1) is 15.0. The molecular weight excluding hydrogens is 418 g/mol. The van der Waals surface area contributed by atoms with E-state index in [0.717, 1.165) is 5.56 Å². The highest BCUT2D eigenvalue weighted by molar-refractivity contribution is 6.32. The van der Waals surface area contributed by atoms with Gasteiger partial charge in [-0.15, -0.1) is 0 Å². The molecule has 1 N–H and O–H groups in total. The fourth-order valence-electron chi connectivity index (χ4n) is 3.17. The number of carbonyl (C=O) groups is 2. The second kappa shape index (κ2) is 8.42. The van der Waals surface area contributed by atoms with E-state index in [1.54, 1.807) is 25.2 Å². The van der Waals surface area contributed by atoms with Crippen LogP contribution in [0.25, 0.3) is 11.3 Å². The average molecular weight is 434 g/mol. The van der Waals surface area contributed by atoms with Crippen molar-refractivity contribution in [2.24, 2.45) is 0 Å². The molecule has 2 aromatic carbocycles. The molecule has 2 amide bonds. The largest absolute Gasteiger partial charge is 0.489 e. The highest BCUT2D eigenvalue weighted by Crippen LogP contribution is 2.31. The molecular formula is C22H16ClN5O3. The molecule has 1 aromatic heterocycles. The van der Waals surface area contributed by atoms with Crippen molar-refractivity contribution < 1.29 is 14.3 Å². The van der Waals surface area contributed by atoms with Gasteiger partial charge in [-0.05, 0) is 12.1 Å². The SMILES string of the molecule is CN1C(=O)[C@@H](NC(=O)c2ncc(Cl)c(-c3ccccc3)n2)COc2cc(C#N)ccc21. The summed E-state index contributed by atoms with van der Waals surface area (Å²) in [5.74, 6) is -0.727. The number of hydrogen-bond donors (Lipinski definition) is 1. The molecule has 31 heavy (non-hydrogen) atoms. The van der Waals surface area contributed by atoms with Gasteiger partial charge in [0, 0.05) is 18.7 Å². The number of aromatic nitrogens is 2. The van der Waals surface area contributed by atoms with Crippen LogP contribution in [0.2, 0.25) is 5.02 Å². The van der Waals surface area contributed by atoms with Gasteiger partial charge in [-0.2, -0.15) is 5.26 Å². The zero-order chi connectivity index (χ0) is 22.0. The van der Waals surface area contributed by atoms with E-state index < -0.39 is 11.9 Å². The maximum absolute atomic E-state index is 12.9. The van der Waals surface area contributed by atoms with Gasteiger partial charge in [0.2, 0.25) is 5.82 Å². The minimum Gasteiger partial charge on any atom is -0.489 e. The van der Waals surface area contributed by atoms with Crippen LogP contribution in [0.3, 0.4) is 0 Å². The number of nitrogens with one attached hydrogen (secondary N) is 1. The molecule has 0 bridgehead atoms. The van der Waals surface area contributed by atoms with Gasteiger partial charge >= 0.3 is 0 Å². The van der Waals surface area contributed by atoms with Crippen LogP contribution in [-0.4, -0.2) is 41.5 Å².